The number of terminal acetylenes is 1. The molecule has 0 atom stereocenters. The van der Waals surface area contributed by atoms with E-state index in [9.17, 15) is 4.79 Å². The van der Waals surface area contributed by atoms with Crippen LogP contribution < -0.4 is 5.32 Å². The maximum atomic E-state index is 10.8. The Bertz CT molecular complexity index is 419. The van der Waals surface area contributed by atoms with Crippen LogP contribution in [0.3, 0.4) is 0 Å². The zero-order valence-corrected chi connectivity index (χ0v) is 8.61. The third kappa shape index (κ3) is 2.71. The molecule has 78 valence electrons. The van der Waals surface area contributed by atoms with Crippen molar-refractivity contribution < 1.29 is 9.90 Å². The number of carboxylic acids is 1. The van der Waals surface area contributed by atoms with E-state index in [-0.39, 0.29) is 5.69 Å². The summed E-state index contributed by atoms with van der Waals surface area (Å²) in [5, 5.41) is 11.8. The highest BCUT2D eigenvalue weighted by Crippen LogP contribution is 2.17. The van der Waals surface area contributed by atoms with Gasteiger partial charge < -0.3 is 10.4 Å². The number of aromatic carboxylic acids is 1. The minimum absolute atomic E-state index is 0.0270. The van der Waals surface area contributed by atoms with Crippen molar-refractivity contribution in [3.63, 3.8) is 0 Å². The first-order chi connectivity index (χ1) is 6.96. The quantitative estimate of drug-likeness (QED) is 0.734. The standard InChI is InChI=1S/C11H12N2O2/c1-4-11(2,3)13-8-6-5-7-12-9(8)10(14)15/h1,5-7,13H,2-3H3,(H,14,15). The van der Waals surface area contributed by atoms with Gasteiger partial charge in [0.05, 0.1) is 11.2 Å². The van der Waals surface area contributed by atoms with Crippen LogP contribution in [0, 0.1) is 12.3 Å². The number of hydrogen-bond acceptors (Lipinski definition) is 3. The van der Waals surface area contributed by atoms with Gasteiger partial charge in [0.1, 0.15) is 0 Å². The van der Waals surface area contributed by atoms with Crippen LogP contribution in [0.5, 0.6) is 0 Å². The van der Waals surface area contributed by atoms with Crippen LogP contribution in [0.4, 0.5) is 5.69 Å². The van der Waals surface area contributed by atoms with Crippen molar-refractivity contribution in [1.29, 1.82) is 0 Å². The number of rotatable bonds is 3. The van der Waals surface area contributed by atoms with Gasteiger partial charge in [0.25, 0.3) is 0 Å². The summed E-state index contributed by atoms with van der Waals surface area (Å²) in [5.74, 6) is 1.45. The van der Waals surface area contributed by atoms with Crippen molar-refractivity contribution in [2.45, 2.75) is 19.4 Å². The number of nitrogens with zero attached hydrogens (tertiary/aromatic N) is 1. The Kier molecular flexibility index (Phi) is 2.96. The summed E-state index contributed by atoms with van der Waals surface area (Å²) in [5.41, 5.74) is -0.207. The smallest absolute Gasteiger partial charge is 0.356 e. The Morgan fingerprint density at radius 2 is 2.33 bits per heavy atom. The summed E-state index contributed by atoms with van der Waals surface area (Å²) < 4.78 is 0. The molecule has 1 rings (SSSR count). The number of anilines is 1. The van der Waals surface area contributed by atoms with Gasteiger partial charge in [-0.1, -0.05) is 5.92 Å². The van der Waals surface area contributed by atoms with E-state index >= 15 is 0 Å². The molecular formula is C11H12N2O2. The number of aromatic nitrogens is 1. The van der Waals surface area contributed by atoms with Crippen molar-refractivity contribution in [2.75, 3.05) is 5.32 Å². The number of carboxylic acid groups (broad SMARTS) is 1. The minimum Gasteiger partial charge on any atom is -0.476 e. The summed E-state index contributed by atoms with van der Waals surface area (Å²) >= 11 is 0. The molecule has 0 unspecified atom stereocenters. The number of hydrogen-bond donors (Lipinski definition) is 2. The molecule has 2 N–H and O–H groups in total. The molecule has 0 aromatic carbocycles. The Morgan fingerprint density at radius 1 is 1.67 bits per heavy atom. The first-order valence-electron chi connectivity index (χ1n) is 4.40. The van der Waals surface area contributed by atoms with E-state index in [1.807, 2.05) is 0 Å². The van der Waals surface area contributed by atoms with E-state index in [0.717, 1.165) is 0 Å². The summed E-state index contributed by atoms with van der Waals surface area (Å²) in [4.78, 5) is 14.6. The maximum absolute atomic E-state index is 10.8. The zero-order chi connectivity index (χ0) is 11.5. The molecular weight excluding hydrogens is 192 g/mol. The molecule has 0 saturated heterocycles. The molecule has 0 aliphatic carbocycles. The largest absolute Gasteiger partial charge is 0.476 e. The first kappa shape index (κ1) is 11.1. The van der Waals surface area contributed by atoms with Crippen molar-refractivity contribution in [3.8, 4) is 12.3 Å². The fourth-order valence-corrected chi connectivity index (χ4v) is 1.05. The van der Waals surface area contributed by atoms with Crippen LogP contribution in [0.2, 0.25) is 0 Å². The normalized spacial score (nSPS) is 10.5. The van der Waals surface area contributed by atoms with E-state index in [1.54, 1.807) is 26.0 Å². The van der Waals surface area contributed by atoms with Crippen LogP contribution in [0.15, 0.2) is 18.3 Å². The van der Waals surface area contributed by atoms with Crippen LogP contribution in [-0.4, -0.2) is 21.6 Å². The molecule has 1 aromatic heterocycles. The van der Waals surface area contributed by atoms with E-state index in [2.05, 4.69) is 16.2 Å². The number of pyridine rings is 1. The van der Waals surface area contributed by atoms with Crippen LogP contribution in [0.1, 0.15) is 24.3 Å². The number of carbonyl (C=O) groups is 1. The van der Waals surface area contributed by atoms with Gasteiger partial charge in [-0.2, -0.15) is 0 Å². The van der Waals surface area contributed by atoms with Gasteiger partial charge in [-0.25, -0.2) is 9.78 Å². The van der Waals surface area contributed by atoms with Crippen molar-refractivity contribution in [1.82, 2.24) is 4.98 Å². The van der Waals surface area contributed by atoms with E-state index in [1.165, 1.54) is 6.20 Å². The zero-order valence-electron chi connectivity index (χ0n) is 8.61. The molecule has 1 aromatic rings. The molecule has 4 heteroatoms. The molecule has 0 aliphatic rings. The SMILES string of the molecule is C#CC(C)(C)Nc1cccnc1C(=O)O. The third-order valence-corrected chi connectivity index (χ3v) is 1.82. The van der Waals surface area contributed by atoms with E-state index < -0.39 is 11.5 Å². The van der Waals surface area contributed by atoms with Crippen molar-refractivity contribution >= 4 is 11.7 Å². The maximum Gasteiger partial charge on any atom is 0.356 e. The average Bonchev–Trinajstić information content (AvgIpc) is 2.18. The highest BCUT2D eigenvalue weighted by molar-refractivity contribution is 5.92. The van der Waals surface area contributed by atoms with Gasteiger partial charge in [0, 0.05) is 6.20 Å². The lowest BCUT2D eigenvalue weighted by molar-refractivity contribution is 0.0691. The summed E-state index contributed by atoms with van der Waals surface area (Å²) in [7, 11) is 0. The number of nitrogens with one attached hydrogen (secondary N) is 1. The Labute approximate surface area is 88.3 Å². The molecule has 0 fully saturated rings. The lowest BCUT2D eigenvalue weighted by atomic mass is 10.1. The monoisotopic (exact) mass is 204 g/mol. The first-order valence-corrected chi connectivity index (χ1v) is 4.40. The second kappa shape index (κ2) is 4.01. The van der Waals surface area contributed by atoms with Gasteiger partial charge in [0.15, 0.2) is 5.69 Å². The predicted octanol–water partition coefficient (Wildman–Crippen LogP) is 1.60. The van der Waals surface area contributed by atoms with Gasteiger partial charge >= 0.3 is 5.97 Å². The summed E-state index contributed by atoms with van der Waals surface area (Å²) in [6.45, 7) is 3.57. The second-order valence-corrected chi connectivity index (χ2v) is 3.60. The fraction of sp³-hybridized carbons (Fsp3) is 0.273. The molecule has 0 bridgehead atoms. The fourth-order valence-electron chi connectivity index (χ4n) is 1.05. The van der Waals surface area contributed by atoms with Gasteiger partial charge in [-0.05, 0) is 26.0 Å². The molecule has 1 heterocycles. The average molecular weight is 204 g/mol. The minimum atomic E-state index is -1.08. The Hall–Kier alpha value is -2.02. The molecule has 0 amide bonds. The molecule has 4 nitrogen and oxygen atoms in total. The lowest BCUT2D eigenvalue weighted by Gasteiger charge is -2.21. The third-order valence-electron chi connectivity index (χ3n) is 1.82. The van der Waals surface area contributed by atoms with Crippen LogP contribution in [-0.2, 0) is 0 Å². The lowest BCUT2D eigenvalue weighted by Crippen LogP contribution is -2.29. The van der Waals surface area contributed by atoms with Gasteiger partial charge in [0.2, 0.25) is 0 Å². The van der Waals surface area contributed by atoms with Crippen LogP contribution in [0.25, 0.3) is 0 Å². The van der Waals surface area contributed by atoms with Crippen molar-refractivity contribution in [3.05, 3.63) is 24.0 Å². The topological polar surface area (TPSA) is 62.2 Å². The Balaban J connectivity index is 3.06. The van der Waals surface area contributed by atoms with E-state index in [0.29, 0.717) is 5.69 Å². The molecule has 0 spiro atoms. The highest BCUT2D eigenvalue weighted by Gasteiger charge is 2.18. The highest BCUT2D eigenvalue weighted by atomic mass is 16.4. The second-order valence-electron chi connectivity index (χ2n) is 3.60. The van der Waals surface area contributed by atoms with Gasteiger partial charge in [-0.15, -0.1) is 6.42 Å². The molecule has 0 radical (unpaired) electrons. The predicted molar refractivity (Wildman–Crippen MR) is 57.7 cm³/mol. The van der Waals surface area contributed by atoms with Crippen molar-refractivity contribution in [2.24, 2.45) is 0 Å². The van der Waals surface area contributed by atoms with Gasteiger partial charge in [-0.3, -0.25) is 0 Å². The van der Waals surface area contributed by atoms with Crippen LogP contribution >= 0.6 is 0 Å². The molecule has 0 saturated carbocycles. The molecule has 0 aliphatic heterocycles. The van der Waals surface area contributed by atoms with E-state index in [4.69, 9.17) is 11.5 Å². The summed E-state index contributed by atoms with van der Waals surface area (Å²) in [6.07, 6.45) is 6.73. The molecule has 15 heavy (non-hydrogen) atoms. The summed E-state index contributed by atoms with van der Waals surface area (Å²) in [6, 6.07) is 3.29. The Morgan fingerprint density at radius 3 is 2.87 bits per heavy atom.